The van der Waals surface area contributed by atoms with Gasteiger partial charge < -0.3 is 10.4 Å². The van der Waals surface area contributed by atoms with Gasteiger partial charge in [-0.05, 0) is 18.6 Å². The second-order valence-electron chi connectivity index (χ2n) is 4.26. The van der Waals surface area contributed by atoms with Crippen LogP contribution in [0.4, 0.5) is 0 Å². The molecule has 0 saturated heterocycles. The number of nitro groups is 1. The lowest BCUT2D eigenvalue weighted by atomic mass is 10.1. The van der Waals surface area contributed by atoms with E-state index < -0.39 is 4.92 Å². The molecule has 0 aromatic carbocycles. The molecular formula is C12H12Cl2N4O3. The fraction of sp³-hybridized carbons (Fsp3) is 0.250. The van der Waals surface area contributed by atoms with E-state index in [4.69, 9.17) is 28.3 Å². The average Bonchev–Trinajstić information content (AvgIpc) is 2.43. The molecule has 0 bridgehead atoms. The number of hydrogen-bond acceptors (Lipinski definition) is 6. The van der Waals surface area contributed by atoms with E-state index in [1.54, 1.807) is 12.3 Å². The summed E-state index contributed by atoms with van der Waals surface area (Å²) in [7, 11) is 0. The van der Waals surface area contributed by atoms with Crippen molar-refractivity contribution in [1.29, 1.82) is 0 Å². The standard InChI is InChI=1S/C12H12Cl2N4O3/c1-7-2-3-8-16-12(15-4-5-19)10(18(20)21)9(11(13)14)17(8)6-7/h2-3,6,15,19H,4-5H2,1H3. The zero-order valence-corrected chi connectivity index (χ0v) is 12.5. The average molecular weight is 331 g/mol. The molecule has 0 fully saturated rings. The Labute approximate surface area is 130 Å². The van der Waals surface area contributed by atoms with Crippen molar-refractivity contribution in [1.82, 2.24) is 10.2 Å². The van der Waals surface area contributed by atoms with Gasteiger partial charge in [-0.2, -0.15) is 0 Å². The molecule has 0 aliphatic carbocycles. The Hall–Kier alpha value is -1.83. The summed E-state index contributed by atoms with van der Waals surface area (Å²) in [4.78, 5) is 16.4. The zero-order chi connectivity index (χ0) is 15.6. The molecule has 2 aliphatic heterocycles. The Kier molecular flexibility index (Phi) is 4.66. The van der Waals surface area contributed by atoms with Crippen LogP contribution in [0.3, 0.4) is 0 Å². The summed E-state index contributed by atoms with van der Waals surface area (Å²) in [6, 6.07) is 0. The van der Waals surface area contributed by atoms with E-state index in [1.165, 1.54) is 4.90 Å². The van der Waals surface area contributed by atoms with E-state index in [9.17, 15) is 10.1 Å². The third kappa shape index (κ3) is 3.10. The molecule has 0 aromatic heterocycles. The van der Waals surface area contributed by atoms with Crippen LogP contribution >= 0.6 is 23.2 Å². The fourth-order valence-corrected chi connectivity index (χ4v) is 2.28. The zero-order valence-electron chi connectivity index (χ0n) is 11.0. The van der Waals surface area contributed by atoms with Crippen LogP contribution < -0.4 is 5.32 Å². The monoisotopic (exact) mass is 330 g/mol. The van der Waals surface area contributed by atoms with Crippen molar-refractivity contribution in [3.05, 3.63) is 55.7 Å². The Morgan fingerprint density at radius 3 is 2.81 bits per heavy atom. The minimum absolute atomic E-state index is 0.00621. The fourth-order valence-electron chi connectivity index (χ4n) is 1.91. The smallest absolute Gasteiger partial charge is 0.337 e. The predicted molar refractivity (Wildman–Crippen MR) is 80.0 cm³/mol. The highest BCUT2D eigenvalue weighted by atomic mass is 35.5. The molecule has 7 nitrogen and oxygen atoms in total. The summed E-state index contributed by atoms with van der Waals surface area (Å²) in [6.07, 6.45) is 5.17. The van der Waals surface area contributed by atoms with Crippen LogP contribution in [0, 0.1) is 10.1 Å². The van der Waals surface area contributed by atoms with Gasteiger partial charge in [0.05, 0.1) is 11.5 Å². The van der Waals surface area contributed by atoms with Crippen LogP contribution in [0.25, 0.3) is 0 Å². The highest BCUT2D eigenvalue weighted by Crippen LogP contribution is 2.33. The number of nitrogens with one attached hydrogen (secondary N) is 1. The lowest BCUT2D eigenvalue weighted by Gasteiger charge is -2.29. The Morgan fingerprint density at radius 2 is 2.24 bits per heavy atom. The van der Waals surface area contributed by atoms with Crippen LogP contribution in [0.2, 0.25) is 0 Å². The summed E-state index contributed by atoms with van der Waals surface area (Å²) < 4.78 is -0.239. The molecule has 0 unspecified atom stereocenters. The van der Waals surface area contributed by atoms with Crippen molar-refractivity contribution in [3.8, 4) is 0 Å². The number of aliphatic hydroxyl groups is 1. The summed E-state index contributed by atoms with van der Waals surface area (Å²) in [6.45, 7) is 1.77. The highest BCUT2D eigenvalue weighted by molar-refractivity contribution is 6.56. The van der Waals surface area contributed by atoms with Gasteiger partial charge in [-0.25, -0.2) is 4.99 Å². The Bertz CT molecular complexity index is 630. The van der Waals surface area contributed by atoms with Crippen LogP contribution in [-0.2, 0) is 0 Å². The molecule has 2 rings (SSSR count). The normalized spacial score (nSPS) is 17.3. The Morgan fingerprint density at radius 1 is 1.52 bits per heavy atom. The predicted octanol–water partition coefficient (Wildman–Crippen LogP) is 1.85. The molecule has 2 heterocycles. The first kappa shape index (κ1) is 15.6. The summed E-state index contributed by atoms with van der Waals surface area (Å²) >= 11 is 11.7. The minimum Gasteiger partial charge on any atom is -0.395 e. The van der Waals surface area contributed by atoms with E-state index in [0.717, 1.165) is 5.57 Å². The number of aliphatic imine (C=N–C) groups is 1. The van der Waals surface area contributed by atoms with Gasteiger partial charge in [-0.3, -0.25) is 15.0 Å². The summed E-state index contributed by atoms with van der Waals surface area (Å²) in [5.74, 6) is 0.451. The molecule has 0 saturated carbocycles. The van der Waals surface area contributed by atoms with Crippen molar-refractivity contribution < 1.29 is 10.0 Å². The first-order chi connectivity index (χ1) is 9.95. The van der Waals surface area contributed by atoms with Crippen molar-refractivity contribution >= 4 is 29.0 Å². The lowest BCUT2D eigenvalue weighted by Crippen LogP contribution is -2.36. The van der Waals surface area contributed by atoms with Gasteiger partial charge >= 0.3 is 5.70 Å². The maximum Gasteiger partial charge on any atom is 0.337 e. The summed E-state index contributed by atoms with van der Waals surface area (Å²) in [5, 5.41) is 22.9. The molecule has 2 N–H and O–H groups in total. The second kappa shape index (κ2) is 6.30. The maximum atomic E-state index is 11.4. The lowest BCUT2D eigenvalue weighted by molar-refractivity contribution is -0.424. The molecule has 112 valence electrons. The van der Waals surface area contributed by atoms with E-state index >= 15 is 0 Å². The number of fused-ring (bicyclic) bond motifs is 1. The molecule has 0 atom stereocenters. The Balaban J connectivity index is 2.61. The number of rotatable bonds is 4. The van der Waals surface area contributed by atoms with Gasteiger partial charge in [0.2, 0.25) is 5.82 Å². The van der Waals surface area contributed by atoms with Crippen LogP contribution in [0.1, 0.15) is 6.92 Å². The first-order valence-corrected chi connectivity index (χ1v) is 6.74. The third-order valence-electron chi connectivity index (χ3n) is 2.76. The molecular weight excluding hydrogens is 319 g/mol. The largest absolute Gasteiger partial charge is 0.395 e. The molecule has 21 heavy (non-hydrogen) atoms. The number of amidine groups is 1. The van der Waals surface area contributed by atoms with Gasteiger partial charge in [0.25, 0.3) is 0 Å². The second-order valence-corrected chi connectivity index (χ2v) is 5.21. The van der Waals surface area contributed by atoms with Crippen LogP contribution in [0.5, 0.6) is 0 Å². The van der Waals surface area contributed by atoms with E-state index in [1.807, 2.05) is 13.0 Å². The molecule has 9 heteroatoms. The third-order valence-corrected chi connectivity index (χ3v) is 3.11. The molecule has 0 amide bonds. The maximum absolute atomic E-state index is 11.4. The van der Waals surface area contributed by atoms with Crippen molar-refractivity contribution in [3.63, 3.8) is 0 Å². The van der Waals surface area contributed by atoms with Crippen LogP contribution in [-0.4, -0.2) is 33.9 Å². The SMILES string of the molecule is CC1=CN2C(=NC(NCCO)=C([N+](=O)[O-])C2=C(Cl)Cl)C=C1. The number of hydrogen-bond donors (Lipinski definition) is 2. The molecule has 2 aliphatic rings. The van der Waals surface area contributed by atoms with Crippen molar-refractivity contribution in [2.45, 2.75) is 6.92 Å². The van der Waals surface area contributed by atoms with E-state index in [0.29, 0.717) is 5.84 Å². The molecule has 0 aromatic rings. The highest BCUT2D eigenvalue weighted by Gasteiger charge is 2.36. The van der Waals surface area contributed by atoms with Gasteiger partial charge in [0.15, 0.2) is 5.70 Å². The van der Waals surface area contributed by atoms with Crippen LogP contribution in [0.15, 0.2) is 50.6 Å². The minimum atomic E-state index is -0.610. The first-order valence-electron chi connectivity index (χ1n) is 5.99. The topological polar surface area (TPSA) is 91.0 Å². The summed E-state index contributed by atoms with van der Waals surface area (Å²) in [5.41, 5.74) is 0.569. The molecule has 0 spiro atoms. The number of allylic oxidation sites excluding steroid dienone is 2. The van der Waals surface area contributed by atoms with Gasteiger partial charge in [-0.15, -0.1) is 0 Å². The van der Waals surface area contributed by atoms with Crippen molar-refractivity contribution in [2.75, 3.05) is 13.2 Å². The molecule has 0 radical (unpaired) electrons. The van der Waals surface area contributed by atoms with Gasteiger partial charge in [-0.1, -0.05) is 29.3 Å². The van der Waals surface area contributed by atoms with Gasteiger partial charge in [0.1, 0.15) is 10.3 Å². The van der Waals surface area contributed by atoms with E-state index in [2.05, 4.69) is 10.3 Å². The van der Waals surface area contributed by atoms with E-state index in [-0.39, 0.29) is 34.9 Å². The number of aliphatic hydroxyl groups excluding tert-OH is 1. The quantitative estimate of drug-likeness (QED) is 0.606. The number of nitrogens with zero attached hydrogens (tertiary/aromatic N) is 3. The van der Waals surface area contributed by atoms with Crippen molar-refractivity contribution in [2.24, 2.45) is 4.99 Å². The van der Waals surface area contributed by atoms with Gasteiger partial charge in [0, 0.05) is 12.7 Å². The number of halogens is 2.